The molecule has 1 amide bonds. The van der Waals surface area contributed by atoms with Crippen LogP contribution in [0.1, 0.15) is 30.6 Å². The van der Waals surface area contributed by atoms with Gasteiger partial charge in [0, 0.05) is 11.4 Å². The third kappa shape index (κ3) is 3.46. The van der Waals surface area contributed by atoms with Crippen LogP contribution >= 0.6 is 11.3 Å². The number of thiophene rings is 1. The first-order chi connectivity index (χ1) is 9.91. The lowest BCUT2D eigenvalue weighted by Crippen LogP contribution is -2.32. The van der Waals surface area contributed by atoms with Crippen molar-refractivity contribution in [2.45, 2.75) is 36.3 Å². The van der Waals surface area contributed by atoms with Crippen molar-refractivity contribution in [2.24, 2.45) is 22.9 Å². The molecule has 1 heterocycles. The fraction of sp³-hybridized carbons (Fsp3) is 0.643. The molecule has 1 aromatic heterocycles. The van der Waals surface area contributed by atoms with Crippen molar-refractivity contribution in [1.29, 1.82) is 0 Å². The van der Waals surface area contributed by atoms with Crippen LogP contribution in [-0.4, -0.2) is 20.9 Å². The van der Waals surface area contributed by atoms with Crippen LogP contribution in [0.2, 0.25) is 0 Å². The molecule has 21 heavy (non-hydrogen) atoms. The smallest absolute Gasteiger partial charge is 0.247 e. The summed E-state index contributed by atoms with van der Waals surface area (Å²) in [5, 5.41) is 8.05. The zero-order valence-electron chi connectivity index (χ0n) is 11.7. The molecule has 3 rings (SSSR count). The Morgan fingerprint density at radius 2 is 2.14 bits per heavy atom. The van der Waals surface area contributed by atoms with E-state index in [1.165, 1.54) is 31.7 Å². The zero-order chi connectivity index (χ0) is 15.0. The molecule has 3 N–H and O–H groups in total. The van der Waals surface area contributed by atoms with Crippen molar-refractivity contribution in [1.82, 2.24) is 5.32 Å². The number of hydrogen-bond acceptors (Lipinski definition) is 4. The first-order valence-corrected chi connectivity index (χ1v) is 9.66. The summed E-state index contributed by atoms with van der Waals surface area (Å²) in [6.45, 7) is 0.757. The summed E-state index contributed by atoms with van der Waals surface area (Å²) < 4.78 is 22.5. The van der Waals surface area contributed by atoms with Gasteiger partial charge in [-0.3, -0.25) is 4.79 Å². The van der Waals surface area contributed by atoms with Crippen molar-refractivity contribution < 1.29 is 13.2 Å². The molecule has 3 unspecified atom stereocenters. The second-order valence-corrected chi connectivity index (χ2v) is 9.14. The van der Waals surface area contributed by atoms with Gasteiger partial charge in [-0.2, -0.15) is 0 Å². The number of fused-ring (bicyclic) bond motifs is 2. The molecule has 3 atom stereocenters. The second-order valence-electron chi connectivity index (χ2n) is 6.18. The Morgan fingerprint density at radius 1 is 1.33 bits per heavy atom. The topological polar surface area (TPSA) is 89.3 Å². The fourth-order valence-corrected chi connectivity index (χ4v) is 5.48. The van der Waals surface area contributed by atoms with Crippen LogP contribution in [0, 0.1) is 17.8 Å². The number of nitrogens with two attached hydrogens (primary N) is 1. The molecule has 116 valence electrons. The molecule has 2 saturated carbocycles. The van der Waals surface area contributed by atoms with Crippen LogP contribution in [-0.2, 0) is 21.2 Å². The Labute approximate surface area is 129 Å². The number of sulfonamides is 1. The van der Waals surface area contributed by atoms with Crippen molar-refractivity contribution in [3.8, 4) is 0 Å². The average molecular weight is 328 g/mol. The predicted molar refractivity (Wildman–Crippen MR) is 81.3 cm³/mol. The first kappa shape index (κ1) is 15.0. The molecule has 0 aromatic carbocycles. The van der Waals surface area contributed by atoms with Gasteiger partial charge in [0.1, 0.15) is 4.21 Å². The SMILES string of the molecule is NS(=O)(=O)c1ccc(CC(=O)NCC2CC3CCC2C3)s1. The molecule has 2 fully saturated rings. The molecule has 0 saturated heterocycles. The van der Waals surface area contributed by atoms with E-state index in [0.717, 1.165) is 34.6 Å². The van der Waals surface area contributed by atoms with Gasteiger partial charge in [0.25, 0.3) is 0 Å². The molecule has 0 spiro atoms. The van der Waals surface area contributed by atoms with Gasteiger partial charge < -0.3 is 5.32 Å². The summed E-state index contributed by atoms with van der Waals surface area (Å²) in [6.07, 6.45) is 5.48. The lowest BCUT2D eigenvalue weighted by molar-refractivity contribution is -0.120. The lowest BCUT2D eigenvalue weighted by atomic mass is 9.89. The minimum Gasteiger partial charge on any atom is -0.356 e. The Morgan fingerprint density at radius 3 is 2.71 bits per heavy atom. The molecule has 2 aliphatic rings. The molecule has 0 radical (unpaired) electrons. The van der Waals surface area contributed by atoms with E-state index in [-0.39, 0.29) is 16.5 Å². The van der Waals surface area contributed by atoms with Gasteiger partial charge in [0.15, 0.2) is 0 Å². The third-order valence-corrected chi connectivity index (χ3v) is 7.22. The predicted octanol–water partition coefficient (Wildman–Crippen LogP) is 1.49. The maximum absolute atomic E-state index is 11.9. The molecule has 1 aromatic rings. The zero-order valence-corrected chi connectivity index (χ0v) is 13.4. The molecular formula is C14H20N2O3S2. The standard InChI is InChI=1S/C14H20N2O3S2/c15-21(18,19)14-4-3-12(20-14)7-13(17)16-8-11-6-9-1-2-10(11)5-9/h3-4,9-11H,1-2,5-8H2,(H,16,17)(H2,15,18,19). The summed E-state index contributed by atoms with van der Waals surface area (Å²) >= 11 is 1.06. The van der Waals surface area contributed by atoms with Gasteiger partial charge in [-0.1, -0.05) is 6.42 Å². The molecule has 0 aliphatic heterocycles. The van der Waals surface area contributed by atoms with E-state index in [2.05, 4.69) is 5.32 Å². The normalized spacial score (nSPS) is 28.0. The Kier molecular flexibility index (Phi) is 4.07. The van der Waals surface area contributed by atoms with Gasteiger partial charge in [-0.15, -0.1) is 11.3 Å². The van der Waals surface area contributed by atoms with Gasteiger partial charge in [0.05, 0.1) is 6.42 Å². The largest absolute Gasteiger partial charge is 0.356 e. The van der Waals surface area contributed by atoms with Crippen molar-refractivity contribution >= 4 is 27.3 Å². The number of amides is 1. The van der Waals surface area contributed by atoms with Crippen molar-refractivity contribution in [2.75, 3.05) is 6.54 Å². The van der Waals surface area contributed by atoms with E-state index in [4.69, 9.17) is 5.14 Å². The van der Waals surface area contributed by atoms with Crippen LogP contribution in [0.4, 0.5) is 0 Å². The van der Waals surface area contributed by atoms with Crippen LogP contribution in [0.5, 0.6) is 0 Å². The lowest BCUT2D eigenvalue weighted by Gasteiger charge is -2.21. The van der Waals surface area contributed by atoms with Gasteiger partial charge >= 0.3 is 0 Å². The summed E-state index contributed by atoms with van der Waals surface area (Å²) in [5.74, 6) is 2.27. The minimum atomic E-state index is -3.66. The van der Waals surface area contributed by atoms with E-state index in [9.17, 15) is 13.2 Å². The number of primary sulfonamides is 1. The molecule has 7 heteroatoms. The maximum Gasteiger partial charge on any atom is 0.247 e. The summed E-state index contributed by atoms with van der Waals surface area (Å²) in [5.41, 5.74) is 0. The van der Waals surface area contributed by atoms with E-state index >= 15 is 0 Å². The minimum absolute atomic E-state index is 0.0411. The Hall–Kier alpha value is -0.920. The highest BCUT2D eigenvalue weighted by Crippen LogP contribution is 2.47. The monoisotopic (exact) mass is 328 g/mol. The van der Waals surface area contributed by atoms with E-state index in [1.807, 2.05) is 0 Å². The quantitative estimate of drug-likeness (QED) is 0.858. The highest BCUT2D eigenvalue weighted by molar-refractivity contribution is 7.91. The van der Waals surface area contributed by atoms with Gasteiger partial charge in [0.2, 0.25) is 15.9 Å². The fourth-order valence-electron chi connectivity index (χ4n) is 3.70. The Balaban J connectivity index is 1.49. The number of carbonyl (C=O) groups is 1. The van der Waals surface area contributed by atoms with Crippen LogP contribution in [0.15, 0.2) is 16.3 Å². The average Bonchev–Trinajstić information content (AvgIpc) is 3.10. The van der Waals surface area contributed by atoms with Gasteiger partial charge in [-0.25, -0.2) is 13.6 Å². The highest BCUT2D eigenvalue weighted by Gasteiger charge is 2.39. The number of hydrogen-bond donors (Lipinski definition) is 2. The molecular weight excluding hydrogens is 308 g/mol. The summed E-state index contributed by atoms with van der Waals surface area (Å²) in [6, 6.07) is 3.11. The summed E-state index contributed by atoms with van der Waals surface area (Å²) in [4.78, 5) is 12.7. The Bertz CT molecular complexity index is 638. The van der Waals surface area contributed by atoms with E-state index < -0.39 is 10.0 Å². The molecule has 5 nitrogen and oxygen atoms in total. The maximum atomic E-state index is 11.9. The number of rotatable bonds is 5. The first-order valence-electron chi connectivity index (χ1n) is 7.30. The summed E-state index contributed by atoms with van der Waals surface area (Å²) in [7, 11) is -3.66. The number of carbonyl (C=O) groups excluding carboxylic acids is 1. The van der Waals surface area contributed by atoms with Crippen LogP contribution in [0.3, 0.4) is 0 Å². The van der Waals surface area contributed by atoms with Crippen molar-refractivity contribution in [3.63, 3.8) is 0 Å². The third-order valence-electron chi connectivity index (χ3n) is 4.70. The molecule has 2 aliphatic carbocycles. The van der Waals surface area contributed by atoms with Crippen LogP contribution in [0.25, 0.3) is 0 Å². The van der Waals surface area contributed by atoms with E-state index in [0.29, 0.717) is 5.92 Å². The highest BCUT2D eigenvalue weighted by atomic mass is 32.2. The van der Waals surface area contributed by atoms with Crippen molar-refractivity contribution in [3.05, 3.63) is 17.0 Å². The van der Waals surface area contributed by atoms with E-state index in [1.54, 1.807) is 6.07 Å². The number of nitrogens with one attached hydrogen (secondary N) is 1. The second kappa shape index (κ2) is 5.70. The van der Waals surface area contributed by atoms with Crippen LogP contribution < -0.4 is 10.5 Å². The van der Waals surface area contributed by atoms with Gasteiger partial charge in [-0.05, 0) is 49.1 Å². The molecule has 2 bridgehead atoms.